The molecule has 0 amide bonds. The van der Waals surface area contributed by atoms with E-state index in [1.54, 1.807) is 14.2 Å². The van der Waals surface area contributed by atoms with Gasteiger partial charge in [-0.1, -0.05) is 19.9 Å². The quantitative estimate of drug-likeness (QED) is 0.815. The van der Waals surface area contributed by atoms with Gasteiger partial charge in [0.05, 0.1) is 18.2 Å². The lowest BCUT2D eigenvalue weighted by Gasteiger charge is -2.23. The van der Waals surface area contributed by atoms with Crippen molar-refractivity contribution in [1.82, 2.24) is 5.32 Å². The molecule has 0 aliphatic heterocycles. The minimum atomic E-state index is -0.591. The Hall–Kier alpha value is -1.35. The SMILES string of the molecule is CNC(C)(C)C(=O)c1ccc(C(C)C)cc1OC. The van der Waals surface area contributed by atoms with Crippen LogP contribution < -0.4 is 10.1 Å². The van der Waals surface area contributed by atoms with Crippen LogP contribution in [0.2, 0.25) is 0 Å². The number of Topliss-reactive ketones (excluding diaryl/α,β-unsaturated/α-hetero) is 1. The summed E-state index contributed by atoms with van der Waals surface area (Å²) in [6, 6.07) is 5.80. The number of ether oxygens (including phenoxy) is 1. The number of carbonyl (C=O) groups excluding carboxylic acids is 1. The first kappa shape index (κ1) is 14.7. The topological polar surface area (TPSA) is 38.3 Å². The number of hydrogen-bond acceptors (Lipinski definition) is 3. The lowest BCUT2D eigenvalue weighted by molar-refractivity contribution is 0.0886. The Morgan fingerprint density at radius 2 is 1.94 bits per heavy atom. The van der Waals surface area contributed by atoms with Gasteiger partial charge in [0.1, 0.15) is 5.75 Å². The largest absolute Gasteiger partial charge is 0.496 e. The fourth-order valence-corrected chi connectivity index (χ4v) is 1.70. The summed E-state index contributed by atoms with van der Waals surface area (Å²) >= 11 is 0. The predicted molar refractivity (Wildman–Crippen MR) is 74.6 cm³/mol. The van der Waals surface area contributed by atoms with Crippen LogP contribution in [0.4, 0.5) is 0 Å². The van der Waals surface area contributed by atoms with Crippen molar-refractivity contribution >= 4 is 5.78 Å². The summed E-state index contributed by atoms with van der Waals surface area (Å²) in [6.07, 6.45) is 0. The van der Waals surface area contributed by atoms with Crippen LogP contribution in [0.3, 0.4) is 0 Å². The molecule has 0 aliphatic rings. The van der Waals surface area contributed by atoms with Crippen molar-refractivity contribution in [1.29, 1.82) is 0 Å². The molecule has 0 aliphatic carbocycles. The van der Waals surface area contributed by atoms with E-state index < -0.39 is 5.54 Å². The third-order valence-electron chi connectivity index (χ3n) is 3.33. The Balaban J connectivity index is 3.22. The van der Waals surface area contributed by atoms with Gasteiger partial charge < -0.3 is 10.1 Å². The van der Waals surface area contributed by atoms with Gasteiger partial charge in [-0.2, -0.15) is 0 Å². The maximum atomic E-state index is 12.4. The van der Waals surface area contributed by atoms with Crippen LogP contribution in [-0.4, -0.2) is 25.5 Å². The molecule has 18 heavy (non-hydrogen) atoms. The summed E-state index contributed by atoms with van der Waals surface area (Å²) in [6.45, 7) is 7.97. The lowest BCUT2D eigenvalue weighted by atomic mass is 9.91. The summed E-state index contributed by atoms with van der Waals surface area (Å²) in [5, 5.41) is 3.02. The molecule has 100 valence electrons. The first-order valence-electron chi connectivity index (χ1n) is 6.25. The molecule has 3 nitrogen and oxygen atoms in total. The van der Waals surface area contributed by atoms with Crippen molar-refractivity contribution in [3.8, 4) is 5.75 Å². The smallest absolute Gasteiger partial charge is 0.185 e. The summed E-state index contributed by atoms with van der Waals surface area (Å²) in [7, 11) is 3.38. The lowest BCUT2D eigenvalue weighted by Crippen LogP contribution is -2.44. The van der Waals surface area contributed by atoms with E-state index >= 15 is 0 Å². The first-order chi connectivity index (χ1) is 8.33. The molecule has 0 radical (unpaired) electrons. The van der Waals surface area contributed by atoms with Gasteiger partial charge in [-0.05, 0) is 44.5 Å². The van der Waals surface area contributed by atoms with E-state index in [1.807, 2.05) is 32.0 Å². The van der Waals surface area contributed by atoms with Crippen molar-refractivity contribution in [3.05, 3.63) is 29.3 Å². The summed E-state index contributed by atoms with van der Waals surface area (Å²) in [5.74, 6) is 1.10. The molecule has 0 bridgehead atoms. The highest BCUT2D eigenvalue weighted by molar-refractivity contribution is 6.04. The van der Waals surface area contributed by atoms with Crippen LogP contribution in [0.1, 0.15) is 49.5 Å². The molecule has 0 fully saturated rings. The minimum Gasteiger partial charge on any atom is -0.496 e. The minimum absolute atomic E-state index is 0.0390. The molecule has 0 heterocycles. The number of nitrogens with one attached hydrogen (secondary N) is 1. The fourth-order valence-electron chi connectivity index (χ4n) is 1.70. The van der Waals surface area contributed by atoms with Crippen LogP contribution in [0.15, 0.2) is 18.2 Å². The molecule has 1 aromatic carbocycles. The number of rotatable bonds is 5. The average molecular weight is 249 g/mol. The van der Waals surface area contributed by atoms with Crippen LogP contribution in [0.25, 0.3) is 0 Å². The Morgan fingerprint density at radius 1 is 1.33 bits per heavy atom. The second kappa shape index (κ2) is 5.53. The molecule has 1 N–H and O–H groups in total. The van der Waals surface area contributed by atoms with E-state index in [0.29, 0.717) is 17.2 Å². The monoisotopic (exact) mass is 249 g/mol. The number of carbonyl (C=O) groups is 1. The number of benzene rings is 1. The second-order valence-corrected chi connectivity index (χ2v) is 5.32. The highest BCUT2D eigenvalue weighted by Gasteiger charge is 2.28. The average Bonchev–Trinajstić information content (AvgIpc) is 2.36. The maximum absolute atomic E-state index is 12.4. The van der Waals surface area contributed by atoms with E-state index in [9.17, 15) is 4.79 Å². The molecule has 0 unspecified atom stereocenters. The van der Waals surface area contributed by atoms with Gasteiger partial charge in [0.2, 0.25) is 0 Å². The molecular weight excluding hydrogens is 226 g/mol. The van der Waals surface area contributed by atoms with Crippen molar-refractivity contribution in [2.45, 2.75) is 39.2 Å². The molecule has 0 aromatic heterocycles. The van der Waals surface area contributed by atoms with Gasteiger partial charge in [-0.3, -0.25) is 4.79 Å². The third-order valence-corrected chi connectivity index (χ3v) is 3.33. The van der Waals surface area contributed by atoms with Crippen LogP contribution in [-0.2, 0) is 0 Å². The Morgan fingerprint density at radius 3 is 2.39 bits per heavy atom. The van der Waals surface area contributed by atoms with Crippen molar-refractivity contribution < 1.29 is 9.53 Å². The van der Waals surface area contributed by atoms with E-state index in [1.165, 1.54) is 5.56 Å². The van der Waals surface area contributed by atoms with E-state index in [4.69, 9.17) is 4.74 Å². The van der Waals surface area contributed by atoms with E-state index in [2.05, 4.69) is 19.2 Å². The number of hydrogen-bond donors (Lipinski definition) is 1. The second-order valence-electron chi connectivity index (χ2n) is 5.32. The third kappa shape index (κ3) is 2.91. The number of ketones is 1. The van der Waals surface area contributed by atoms with Crippen molar-refractivity contribution in [2.24, 2.45) is 0 Å². The summed E-state index contributed by atoms with van der Waals surface area (Å²) < 4.78 is 5.35. The Kier molecular flexibility index (Phi) is 4.52. The molecule has 0 saturated carbocycles. The first-order valence-corrected chi connectivity index (χ1v) is 6.25. The number of methoxy groups -OCH3 is 1. The highest BCUT2D eigenvalue weighted by atomic mass is 16.5. The standard InChI is InChI=1S/C15H23NO2/c1-10(2)11-7-8-12(13(9-11)18-6)14(17)15(3,4)16-5/h7-10,16H,1-6H3. The fraction of sp³-hybridized carbons (Fsp3) is 0.533. The Bertz CT molecular complexity index is 436. The van der Waals surface area contributed by atoms with Gasteiger partial charge in [0.25, 0.3) is 0 Å². The summed E-state index contributed by atoms with van der Waals surface area (Å²) in [4.78, 5) is 12.4. The zero-order chi connectivity index (χ0) is 13.9. The van der Waals surface area contributed by atoms with E-state index in [-0.39, 0.29) is 5.78 Å². The van der Waals surface area contributed by atoms with Crippen LogP contribution in [0.5, 0.6) is 5.75 Å². The molecule has 0 atom stereocenters. The zero-order valence-corrected chi connectivity index (χ0v) is 12.1. The van der Waals surface area contributed by atoms with Gasteiger partial charge in [-0.25, -0.2) is 0 Å². The normalized spacial score (nSPS) is 11.7. The molecule has 3 heteroatoms. The maximum Gasteiger partial charge on any atom is 0.185 e. The molecule has 0 saturated heterocycles. The predicted octanol–water partition coefficient (Wildman–Crippen LogP) is 3.00. The molecule has 0 spiro atoms. The van der Waals surface area contributed by atoms with Gasteiger partial charge in [0.15, 0.2) is 5.78 Å². The molecule has 1 aromatic rings. The summed E-state index contributed by atoms with van der Waals surface area (Å²) in [5.41, 5.74) is 1.21. The molecular formula is C15H23NO2. The van der Waals surface area contributed by atoms with Gasteiger partial charge in [-0.15, -0.1) is 0 Å². The highest BCUT2D eigenvalue weighted by Crippen LogP contribution is 2.27. The van der Waals surface area contributed by atoms with Gasteiger partial charge >= 0.3 is 0 Å². The van der Waals surface area contributed by atoms with Crippen molar-refractivity contribution in [3.63, 3.8) is 0 Å². The van der Waals surface area contributed by atoms with E-state index in [0.717, 1.165) is 0 Å². The number of likely N-dealkylation sites (N-methyl/N-ethyl adjacent to an activating group) is 1. The van der Waals surface area contributed by atoms with Crippen LogP contribution >= 0.6 is 0 Å². The molecule has 1 rings (SSSR count). The zero-order valence-electron chi connectivity index (χ0n) is 12.1. The van der Waals surface area contributed by atoms with Crippen LogP contribution in [0, 0.1) is 0 Å². The van der Waals surface area contributed by atoms with Gasteiger partial charge in [0, 0.05) is 0 Å². The Labute approximate surface area is 110 Å². The van der Waals surface area contributed by atoms with Crippen molar-refractivity contribution in [2.75, 3.05) is 14.2 Å².